The molecule has 0 saturated heterocycles. The van der Waals surface area contributed by atoms with E-state index in [-0.39, 0.29) is 0 Å². The molecular weight excluding hydrogens is 198 g/mol. The summed E-state index contributed by atoms with van der Waals surface area (Å²) >= 11 is 0. The first-order chi connectivity index (χ1) is 7.72. The van der Waals surface area contributed by atoms with E-state index in [1.807, 2.05) is 19.3 Å². The third kappa shape index (κ3) is 1.94. The van der Waals surface area contributed by atoms with E-state index >= 15 is 0 Å². The number of imidazole rings is 1. The molecule has 0 amide bonds. The van der Waals surface area contributed by atoms with Gasteiger partial charge in [-0.25, -0.2) is 4.98 Å². The van der Waals surface area contributed by atoms with Crippen LogP contribution in [0.3, 0.4) is 0 Å². The van der Waals surface area contributed by atoms with Gasteiger partial charge in [0.25, 0.3) is 0 Å². The average molecular weight is 215 g/mol. The van der Waals surface area contributed by atoms with Crippen molar-refractivity contribution in [3.05, 3.63) is 42.4 Å². The van der Waals surface area contributed by atoms with Gasteiger partial charge in [0.1, 0.15) is 5.65 Å². The van der Waals surface area contributed by atoms with Gasteiger partial charge in [0.05, 0.1) is 0 Å². The summed E-state index contributed by atoms with van der Waals surface area (Å²) in [6.07, 6.45) is 5.01. The van der Waals surface area contributed by atoms with Gasteiger partial charge >= 0.3 is 0 Å². The number of aromatic nitrogens is 2. The Balaban J connectivity index is 2.29. The highest BCUT2D eigenvalue weighted by Crippen LogP contribution is 2.13. The molecule has 0 atom stereocenters. The van der Waals surface area contributed by atoms with E-state index in [1.54, 1.807) is 0 Å². The number of hydrogen-bond acceptors (Lipinski definition) is 2. The first kappa shape index (κ1) is 10.7. The van der Waals surface area contributed by atoms with E-state index in [0.29, 0.717) is 0 Å². The molecule has 2 aromatic heterocycles. The standard InChI is InChI=1S/C13H17N3/c1-4-6-14-11(3)12-5-7-16-10(2)9-15-13(16)8-12/h5,7-9,14H,3-4,6H2,1-2H3. The second-order valence-electron chi connectivity index (χ2n) is 3.95. The molecule has 0 aliphatic heterocycles. The number of nitrogens with one attached hydrogen (secondary N) is 1. The zero-order valence-electron chi connectivity index (χ0n) is 9.83. The molecule has 0 fully saturated rings. The van der Waals surface area contributed by atoms with Crippen LogP contribution in [0.25, 0.3) is 11.3 Å². The maximum Gasteiger partial charge on any atom is 0.137 e. The minimum absolute atomic E-state index is 0.956. The van der Waals surface area contributed by atoms with Crippen molar-refractivity contribution in [2.24, 2.45) is 0 Å². The first-order valence-electron chi connectivity index (χ1n) is 5.59. The van der Waals surface area contributed by atoms with E-state index in [9.17, 15) is 0 Å². The molecule has 1 N–H and O–H groups in total. The maximum atomic E-state index is 4.34. The van der Waals surface area contributed by atoms with Crippen molar-refractivity contribution in [3.63, 3.8) is 0 Å². The van der Waals surface area contributed by atoms with Crippen LogP contribution in [0.1, 0.15) is 24.6 Å². The maximum absolute atomic E-state index is 4.34. The van der Waals surface area contributed by atoms with Gasteiger partial charge in [-0.05, 0) is 25.5 Å². The molecule has 0 aliphatic rings. The van der Waals surface area contributed by atoms with E-state index in [1.165, 1.54) is 0 Å². The fourth-order valence-electron chi connectivity index (χ4n) is 1.67. The van der Waals surface area contributed by atoms with Gasteiger partial charge in [-0.15, -0.1) is 0 Å². The Hall–Kier alpha value is -1.77. The molecule has 2 heterocycles. The summed E-state index contributed by atoms with van der Waals surface area (Å²) in [7, 11) is 0. The van der Waals surface area contributed by atoms with Crippen LogP contribution in [-0.4, -0.2) is 15.9 Å². The molecule has 16 heavy (non-hydrogen) atoms. The van der Waals surface area contributed by atoms with Crippen molar-refractivity contribution in [1.82, 2.24) is 14.7 Å². The van der Waals surface area contributed by atoms with Crippen molar-refractivity contribution in [3.8, 4) is 0 Å². The molecule has 0 saturated carbocycles. The second-order valence-corrected chi connectivity index (χ2v) is 3.95. The fraction of sp³-hybridized carbons (Fsp3) is 0.308. The molecule has 0 unspecified atom stereocenters. The molecule has 3 heteroatoms. The van der Waals surface area contributed by atoms with Gasteiger partial charge in [-0.3, -0.25) is 0 Å². The largest absolute Gasteiger partial charge is 0.385 e. The van der Waals surface area contributed by atoms with E-state index < -0.39 is 0 Å². The molecule has 0 bridgehead atoms. The van der Waals surface area contributed by atoms with E-state index in [2.05, 4.69) is 40.3 Å². The average Bonchev–Trinajstić information content (AvgIpc) is 2.67. The number of rotatable bonds is 4. The highest BCUT2D eigenvalue weighted by molar-refractivity contribution is 5.65. The number of fused-ring (bicyclic) bond motifs is 1. The quantitative estimate of drug-likeness (QED) is 0.849. The molecular formula is C13H17N3. The van der Waals surface area contributed by atoms with Gasteiger partial charge in [0, 0.05) is 35.9 Å². The minimum Gasteiger partial charge on any atom is -0.385 e. The molecule has 0 spiro atoms. The Morgan fingerprint density at radius 2 is 2.38 bits per heavy atom. The van der Waals surface area contributed by atoms with Crippen molar-refractivity contribution in [2.45, 2.75) is 20.3 Å². The van der Waals surface area contributed by atoms with Gasteiger partial charge in [0.15, 0.2) is 0 Å². The van der Waals surface area contributed by atoms with Gasteiger partial charge in [-0.1, -0.05) is 13.5 Å². The summed E-state index contributed by atoms with van der Waals surface area (Å²) in [6, 6.07) is 4.12. The monoisotopic (exact) mass is 215 g/mol. The van der Waals surface area contributed by atoms with Crippen molar-refractivity contribution < 1.29 is 0 Å². The minimum atomic E-state index is 0.956. The van der Waals surface area contributed by atoms with Crippen molar-refractivity contribution in [2.75, 3.05) is 6.54 Å². The first-order valence-corrected chi connectivity index (χ1v) is 5.59. The SMILES string of the molecule is C=C(NCCC)c1ccn2c(C)cnc2c1. The molecule has 2 aromatic rings. The van der Waals surface area contributed by atoms with Crippen LogP contribution in [0, 0.1) is 6.92 Å². The summed E-state index contributed by atoms with van der Waals surface area (Å²) in [5.41, 5.74) is 4.18. The third-order valence-electron chi connectivity index (χ3n) is 2.64. The highest BCUT2D eigenvalue weighted by atomic mass is 15.0. The lowest BCUT2D eigenvalue weighted by molar-refractivity contribution is 0.824. The van der Waals surface area contributed by atoms with Crippen LogP contribution in [0.5, 0.6) is 0 Å². The summed E-state index contributed by atoms with van der Waals surface area (Å²) in [5, 5.41) is 3.29. The number of pyridine rings is 1. The van der Waals surface area contributed by atoms with Crippen LogP contribution >= 0.6 is 0 Å². The van der Waals surface area contributed by atoms with Crippen LogP contribution < -0.4 is 5.32 Å². The normalized spacial score (nSPS) is 10.6. The fourth-order valence-corrected chi connectivity index (χ4v) is 1.67. The van der Waals surface area contributed by atoms with Crippen molar-refractivity contribution in [1.29, 1.82) is 0 Å². The van der Waals surface area contributed by atoms with Crippen LogP contribution in [0.4, 0.5) is 0 Å². The summed E-state index contributed by atoms with van der Waals surface area (Å²) in [4.78, 5) is 4.34. The predicted octanol–water partition coefficient (Wildman–Crippen LogP) is 2.61. The van der Waals surface area contributed by atoms with Gasteiger partial charge in [0.2, 0.25) is 0 Å². The third-order valence-corrected chi connectivity index (χ3v) is 2.64. The van der Waals surface area contributed by atoms with Crippen LogP contribution in [0.15, 0.2) is 31.1 Å². The molecule has 2 rings (SSSR count). The molecule has 0 aromatic carbocycles. The van der Waals surface area contributed by atoms with Gasteiger partial charge in [-0.2, -0.15) is 0 Å². The second kappa shape index (κ2) is 4.39. The summed E-state index contributed by atoms with van der Waals surface area (Å²) in [6.45, 7) is 9.17. The van der Waals surface area contributed by atoms with Crippen molar-refractivity contribution >= 4 is 11.3 Å². The van der Waals surface area contributed by atoms with Gasteiger partial charge < -0.3 is 9.72 Å². The number of nitrogens with zero attached hydrogens (tertiary/aromatic N) is 2. The van der Waals surface area contributed by atoms with E-state index in [4.69, 9.17) is 0 Å². The number of aryl methyl sites for hydroxylation is 1. The molecule has 84 valence electrons. The highest BCUT2D eigenvalue weighted by Gasteiger charge is 2.02. The summed E-state index contributed by atoms with van der Waals surface area (Å²) in [5.74, 6) is 0. The Labute approximate surface area is 95.8 Å². The zero-order valence-corrected chi connectivity index (χ0v) is 9.83. The lowest BCUT2D eigenvalue weighted by Gasteiger charge is -2.08. The summed E-state index contributed by atoms with van der Waals surface area (Å²) < 4.78 is 2.07. The number of hydrogen-bond donors (Lipinski definition) is 1. The van der Waals surface area contributed by atoms with Crippen LogP contribution in [0.2, 0.25) is 0 Å². The Bertz CT molecular complexity index is 511. The Kier molecular flexibility index (Phi) is 2.95. The molecule has 3 nitrogen and oxygen atoms in total. The smallest absolute Gasteiger partial charge is 0.137 e. The van der Waals surface area contributed by atoms with Crippen LogP contribution in [-0.2, 0) is 0 Å². The Morgan fingerprint density at radius 1 is 1.56 bits per heavy atom. The Morgan fingerprint density at radius 3 is 3.12 bits per heavy atom. The topological polar surface area (TPSA) is 29.3 Å². The predicted molar refractivity (Wildman–Crippen MR) is 67.3 cm³/mol. The lowest BCUT2D eigenvalue weighted by atomic mass is 10.2. The lowest BCUT2D eigenvalue weighted by Crippen LogP contribution is -2.12. The van der Waals surface area contributed by atoms with E-state index in [0.717, 1.165) is 35.6 Å². The molecule has 0 radical (unpaired) electrons. The molecule has 0 aliphatic carbocycles. The zero-order chi connectivity index (χ0) is 11.5.